The highest BCUT2D eigenvalue weighted by Gasteiger charge is 2.28. The molecule has 1 saturated heterocycles. The average molecular weight is 358 g/mol. The molecule has 0 radical (unpaired) electrons. The molecule has 9 heteroatoms. The van der Waals surface area contributed by atoms with Crippen molar-refractivity contribution in [2.45, 2.75) is 25.8 Å². The fourth-order valence-corrected chi connectivity index (χ4v) is 3.17. The molecule has 0 aromatic carbocycles. The molecule has 26 heavy (non-hydrogen) atoms. The Morgan fingerprint density at radius 2 is 1.96 bits per heavy atom. The predicted molar refractivity (Wildman–Crippen MR) is 96.4 cm³/mol. The van der Waals surface area contributed by atoms with Gasteiger partial charge in [0, 0.05) is 51.2 Å². The van der Waals surface area contributed by atoms with Crippen LogP contribution in [0.4, 0.5) is 5.82 Å². The van der Waals surface area contributed by atoms with Crippen molar-refractivity contribution in [3.8, 4) is 0 Å². The third kappa shape index (κ3) is 3.37. The lowest BCUT2D eigenvalue weighted by Gasteiger charge is -2.37. The number of hydrogen-bond acceptors (Lipinski definition) is 6. The van der Waals surface area contributed by atoms with Crippen LogP contribution in [-0.4, -0.2) is 56.5 Å². The summed E-state index contributed by atoms with van der Waals surface area (Å²) in [6.45, 7) is 3.01. The summed E-state index contributed by atoms with van der Waals surface area (Å²) in [6, 6.07) is 2.19. The number of H-pyrrole nitrogens is 1. The number of likely N-dealkylation sites (tertiary alicyclic amines) is 1. The van der Waals surface area contributed by atoms with Gasteiger partial charge in [-0.2, -0.15) is 0 Å². The average Bonchev–Trinajstić information content (AvgIpc) is 2.65. The monoisotopic (exact) mass is 358 g/mol. The van der Waals surface area contributed by atoms with E-state index >= 15 is 0 Å². The van der Waals surface area contributed by atoms with E-state index in [0.29, 0.717) is 13.1 Å². The van der Waals surface area contributed by atoms with Crippen molar-refractivity contribution in [1.82, 2.24) is 24.4 Å². The van der Waals surface area contributed by atoms with E-state index < -0.39 is 11.2 Å². The van der Waals surface area contributed by atoms with Crippen molar-refractivity contribution < 1.29 is 4.79 Å². The zero-order valence-electron chi connectivity index (χ0n) is 15.1. The number of aromatic nitrogens is 4. The zero-order chi connectivity index (χ0) is 18.8. The molecule has 3 heterocycles. The van der Waals surface area contributed by atoms with Gasteiger partial charge in [0.15, 0.2) is 0 Å². The molecule has 0 aliphatic carbocycles. The van der Waals surface area contributed by atoms with E-state index in [1.54, 1.807) is 11.2 Å². The van der Waals surface area contributed by atoms with Gasteiger partial charge in [-0.25, -0.2) is 14.8 Å². The van der Waals surface area contributed by atoms with Crippen LogP contribution in [0, 0.1) is 6.92 Å². The van der Waals surface area contributed by atoms with E-state index in [-0.39, 0.29) is 17.5 Å². The number of amides is 1. The van der Waals surface area contributed by atoms with Crippen LogP contribution in [0.15, 0.2) is 28.2 Å². The van der Waals surface area contributed by atoms with Crippen molar-refractivity contribution in [2.24, 2.45) is 7.05 Å². The van der Waals surface area contributed by atoms with Crippen LogP contribution in [-0.2, 0) is 7.05 Å². The first-order chi connectivity index (χ1) is 12.4. The number of rotatable bonds is 3. The number of piperidine rings is 1. The molecule has 3 rings (SSSR count). The van der Waals surface area contributed by atoms with Crippen LogP contribution in [0.1, 0.15) is 28.9 Å². The molecular weight excluding hydrogens is 336 g/mol. The third-order valence-corrected chi connectivity index (χ3v) is 4.86. The molecule has 138 valence electrons. The van der Waals surface area contributed by atoms with E-state index in [0.717, 1.165) is 28.9 Å². The van der Waals surface area contributed by atoms with Crippen LogP contribution >= 0.6 is 0 Å². The molecule has 0 unspecified atom stereocenters. The van der Waals surface area contributed by atoms with Crippen LogP contribution in [0.2, 0.25) is 0 Å². The number of nitrogens with zero attached hydrogens (tertiary/aromatic N) is 5. The second kappa shape index (κ2) is 7.11. The predicted octanol–water partition coefficient (Wildman–Crippen LogP) is -0.0870. The summed E-state index contributed by atoms with van der Waals surface area (Å²) >= 11 is 0. The first-order valence-corrected chi connectivity index (χ1v) is 8.48. The summed E-state index contributed by atoms with van der Waals surface area (Å²) in [5.41, 5.74) is -0.213. The van der Waals surface area contributed by atoms with Gasteiger partial charge >= 0.3 is 5.69 Å². The van der Waals surface area contributed by atoms with E-state index in [2.05, 4.69) is 19.9 Å². The number of aromatic amines is 1. The molecule has 0 spiro atoms. The Balaban J connectivity index is 1.69. The maximum atomic E-state index is 12.6. The number of aryl methyl sites for hydroxylation is 1. The summed E-state index contributed by atoms with van der Waals surface area (Å²) in [5.74, 6) is 0.512. The fraction of sp³-hybridized carbons (Fsp3) is 0.471. The Hall–Kier alpha value is -2.97. The van der Waals surface area contributed by atoms with Gasteiger partial charge < -0.3 is 14.8 Å². The van der Waals surface area contributed by atoms with Crippen LogP contribution in [0.25, 0.3) is 0 Å². The van der Waals surface area contributed by atoms with Crippen LogP contribution < -0.4 is 16.1 Å². The number of nitrogens with one attached hydrogen (secondary N) is 1. The normalized spacial score (nSPS) is 15.1. The lowest BCUT2D eigenvalue weighted by Crippen LogP contribution is -2.47. The number of carbonyl (C=O) groups is 1. The lowest BCUT2D eigenvalue weighted by molar-refractivity contribution is 0.0710. The maximum absolute atomic E-state index is 12.6. The molecule has 1 amide bonds. The SMILES string of the molecule is Cc1cc(N(C)C2CCN(C(=O)c3c[nH]c(=O)n(C)c3=O)CC2)ncn1. The molecule has 9 nitrogen and oxygen atoms in total. The highest BCUT2D eigenvalue weighted by Crippen LogP contribution is 2.21. The van der Waals surface area contributed by atoms with Crippen molar-refractivity contribution in [2.75, 3.05) is 25.0 Å². The molecule has 2 aromatic heterocycles. The first kappa shape index (κ1) is 17.8. The summed E-state index contributed by atoms with van der Waals surface area (Å²) in [6.07, 6.45) is 4.30. The Morgan fingerprint density at radius 1 is 1.27 bits per heavy atom. The standard InChI is InChI=1S/C17H22N6O3/c1-11-8-14(20-10-19-11)21(2)12-4-6-23(7-5-12)16(25)13-9-18-17(26)22(3)15(13)24/h8-10,12H,4-7H2,1-3H3,(H,18,26). The lowest BCUT2D eigenvalue weighted by atomic mass is 10.0. The molecule has 2 aromatic rings. The van der Waals surface area contributed by atoms with Gasteiger partial charge in [-0.3, -0.25) is 14.2 Å². The molecule has 0 atom stereocenters. The molecule has 1 N–H and O–H groups in total. The van der Waals surface area contributed by atoms with Gasteiger partial charge in [0.05, 0.1) is 0 Å². The summed E-state index contributed by atoms with van der Waals surface area (Å²) < 4.78 is 0.908. The Kier molecular flexibility index (Phi) is 4.88. The van der Waals surface area contributed by atoms with E-state index in [1.807, 2.05) is 20.0 Å². The van der Waals surface area contributed by atoms with Crippen molar-refractivity contribution in [3.05, 3.63) is 50.7 Å². The first-order valence-electron chi connectivity index (χ1n) is 8.48. The Bertz CT molecular complexity index is 927. The Labute approximate surface area is 150 Å². The quantitative estimate of drug-likeness (QED) is 0.822. The molecular formula is C17H22N6O3. The maximum Gasteiger partial charge on any atom is 0.328 e. The molecule has 1 fully saturated rings. The smallest absolute Gasteiger partial charge is 0.328 e. The van der Waals surface area contributed by atoms with Crippen molar-refractivity contribution in [3.63, 3.8) is 0 Å². The molecule has 0 bridgehead atoms. The zero-order valence-corrected chi connectivity index (χ0v) is 15.1. The Morgan fingerprint density at radius 3 is 2.62 bits per heavy atom. The minimum atomic E-state index is -0.575. The van der Waals surface area contributed by atoms with Crippen molar-refractivity contribution in [1.29, 1.82) is 0 Å². The fourth-order valence-electron chi connectivity index (χ4n) is 3.17. The van der Waals surface area contributed by atoms with Gasteiger partial charge in [-0.05, 0) is 19.8 Å². The largest absolute Gasteiger partial charge is 0.356 e. The van der Waals surface area contributed by atoms with E-state index in [4.69, 9.17) is 0 Å². The van der Waals surface area contributed by atoms with Gasteiger partial charge in [-0.15, -0.1) is 0 Å². The summed E-state index contributed by atoms with van der Waals surface area (Å²) in [7, 11) is 3.34. The minimum absolute atomic E-state index is 0.00895. The van der Waals surface area contributed by atoms with Gasteiger partial charge in [0.2, 0.25) is 0 Å². The number of anilines is 1. The number of hydrogen-bond donors (Lipinski definition) is 1. The summed E-state index contributed by atoms with van der Waals surface area (Å²) in [4.78, 5) is 50.8. The van der Waals surface area contributed by atoms with E-state index in [1.165, 1.54) is 13.2 Å². The summed E-state index contributed by atoms with van der Waals surface area (Å²) in [5, 5.41) is 0. The third-order valence-electron chi connectivity index (χ3n) is 4.86. The molecule has 1 aliphatic rings. The second-order valence-corrected chi connectivity index (χ2v) is 6.52. The van der Waals surface area contributed by atoms with Gasteiger partial charge in [-0.1, -0.05) is 0 Å². The minimum Gasteiger partial charge on any atom is -0.356 e. The van der Waals surface area contributed by atoms with Crippen LogP contribution in [0.3, 0.4) is 0 Å². The topological polar surface area (TPSA) is 104 Å². The molecule has 0 saturated carbocycles. The highest BCUT2D eigenvalue weighted by atomic mass is 16.2. The van der Waals surface area contributed by atoms with E-state index in [9.17, 15) is 14.4 Å². The second-order valence-electron chi connectivity index (χ2n) is 6.52. The molecule has 1 aliphatic heterocycles. The van der Waals surface area contributed by atoms with Gasteiger partial charge in [0.1, 0.15) is 17.7 Å². The van der Waals surface area contributed by atoms with Crippen molar-refractivity contribution >= 4 is 11.7 Å². The highest BCUT2D eigenvalue weighted by molar-refractivity contribution is 5.93. The number of carbonyl (C=O) groups excluding carboxylic acids is 1. The van der Waals surface area contributed by atoms with Crippen LogP contribution in [0.5, 0.6) is 0 Å². The van der Waals surface area contributed by atoms with Gasteiger partial charge in [0.25, 0.3) is 11.5 Å².